The van der Waals surface area contributed by atoms with Crippen molar-refractivity contribution in [1.29, 1.82) is 0 Å². The molecule has 2 aromatic carbocycles. The fourth-order valence-corrected chi connectivity index (χ4v) is 2.10. The number of hydrogen-bond donors (Lipinski definition) is 1. The third kappa shape index (κ3) is 2.76. The van der Waals surface area contributed by atoms with Gasteiger partial charge in [-0.25, -0.2) is 9.37 Å². The Morgan fingerprint density at radius 1 is 1.24 bits per heavy atom. The molecule has 0 saturated heterocycles. The first-order valence-electron chi connectivity index (χ1n) is 6.48. The molecule has 0 amide bonds. The van der Waals surface area contributed by atoms with Crippen molar-refractivity contribution in [1.82, 2.24) is 4.98 Å². The molecule has 0 unspecified atom stereocenters. The number of nitrogens with zero attached hydrogens (tertiary/aromatic N) is 2. The molecule has 0 bridgehead atoms. The summed E-state index contributed by atoms with van der Waals surface area (Å²) in [5, 5.41) is 12.4. The van der Waals surface area contributed by atoms with Gasteiger partial charge in [0, 0.05) is 6.42 Å². The lowest BCUT2D eigenvalue weighted by Gasteiger charge is -2.00. The van der Waals surface area contributed by atoms with Gasteiger partial charge < -0.3 is 9.62 Å². The minimum Gasteiger partial charge on any atom is -0.435 e. The number of rotatable bonds is 3. The van der Waals surface area contributed by atoms with Crippen LogP contribution in [0.2, 0.25) is 0 Å². The Labute approximate surface area is 120 Å². The molecule has 0 spiro atoms. The van der Waals surface area contributed by atoms with Gasteiger partial charge >= 0.3 is 0 Å². The fraction of sp³-hybridized carbons (Fsp3) is 0.125. The molecular formula is C16H13FN2O2. The second-order valence-electron chi connectivity index (χ2n) is 4.84. The predicted molar refractivity (Wildman–Crippen MR) is 77.2 cm³/mol. The largest absolute Gasteiger partial charge is 0.435 e. The third-order valence-corrected chi connectivity index (χ3v) is 3.20. The zero-order valence-corrected chi connectivity index (χ0v) is 11.4. The van der Waals surface area contributed by atoms with E-state index in [0.29, 0.717) is 23.2 Å². The Morgan fingerprint density at radius 3 is 2.71 bits per heavy atom. The van der Waals surface area contributed by atoms with E-state index in [0.717, 1.165) is 11.1 Å². The van der Waals surface area contributed by atoms with E-state index in [2.05, 4.69) is 10.1 Å². The summed E-state index contributed by atoms with van der Waals surface area (Å²) in [4.78, 5) is 4.31. The lowest BCUT2D eigenvalue weighted by Crippen LogP contribution is -2.05. The average molecular weight is 284 g/mol. The van der Waals surface area contributed by atoms with Gasteiger partial charge in [-0.1, -0.05) is 23.4 Å². The number of oxazole rings is 1. The quantitative estimate of drug-likeness (QED) is 0.453. The molecule has 3 aromatic rings. The van der Waals surface area contributed by atoms with Crippen LogP contribution in [0.15, 0.2) is 52.0 Å². The number of aromatic nitrogens is 1. The van der Waals surface area contributed by atoms with Gasteiger partial charge in [0.2, 0.25) is 5.89 Å². The van der Waals surface area contributed by atoms with E-state index in [-0.39, 0.29) is 11.7 Å². The highest BCUT2D eigenvalue weighted by Crippen LogP contribution is 2.18. The van der Waals surface area contributed by atoms with Gasteiger partial charge in [-0.3, -0.25) is 0 Å². The molecule has 1 aromatic heterocycles. The van der Waals surface area contributed by atoms with Gasteiger partial charge in [0.15, 0.2) is 5.58 Å². The molecule has 4 nitrogen and oxygen atoms in total. The lowest BCUT2D eigenvalue weighted by atomic mass is 10.1. The van der Waals surface area contributed by atoms with E-state index < -0.39 is 0 Å². The van der Waals surface area contributed by atoms with Gasteiger partial charge in [-0.15, -0.1) is 0 Å². The van der Waals surface area contributed by atoms with Crippen molar-refractivity contribution < 1.29 is 14.0 Å². The van der Waals surface area contributed by atoms with Crippen LogP contribution in [0, 0.1) is 12.7 Å². The molecule has 0 aliphatic carbocycles. The van der Waals surface area contributed by atoms with Gasteiger partial charge in [0.25, 0.3) is 0 Å². The Balaban J connectivity index is 1.93. The number of fused-ring (bicyclic) bond motifs is 1. The SMILES string of the molecule is Cc1ccc2nc(/C(Cc3ccc(F)cc3)=N/O)oc2c1. The number of benzene rings is 2. The molecule has 0 aliphatic rings. The first kappa shape index (κ1) is 13.3. The zero-order valence-electron chi connectivity index (χ0n) is 11.4. The van der Waals surface area contributed by atoms with E-state index in [1.54, 1.807) is 12.1 Å². The summed E-state index contributed by atoms with van der Waals surface area (Å²) in [6, 6.07) is 11.6. The van der Waals surface area contributed by atoms with Crippen LogP contribution >= 0.6 is 0 Å². The maximum Gasteiger partial charge on any atom is 0.245 e. The van der Waals surface area contributed by atoms with Gasteiger partial charge in [0.1, 0.15) is 17.0 Å². The Hall–Kier alpha value is -2.69. The molecular weight excluding hydrogens is 271 g/mol. The molecule has 5 heteroatoms. The molecule has 0 saturated carbocycles. The van der Waals surface area contributed by atoms with E-state index >= 15 is 0 Å². The van der Waals surface area contributed by atoms with Gasteiger partial charge in [-0.05, 0) is 42.3 Å². The molecule has 21 heavy (non-hydrogen) atoms. The van der Waals surface area contributed by atoms with Crippen molar-refractivity contribution in [3.63, 3.8) is 0 Å². The Bertz CT molecular complexity index is 807. The standard InChI is InChI=1S/C16H13FN2O2/c1-10-2-7-13-15(8-10)21-16(18-13)14(19-20)9-11-3-5-12(17)6-4-11/h2-8,20H,9H2,1H3/b19-14+. The van der Waals surface area contributed by atoms with Crippen molar-refractivity contribution in [2.24, 2.45) is 5.16 Å². The molecule has 0 aliphatic heterocycles. The van der Waals surface area contributed by atoms with Crippen molar-refractivity contribution in [3.8, 4) is 0 Å². The first-order valence-corrected chi connectivity index (χ1v) is 6.48. The smallest absolute Gasteiger partial charge is 0.245 e. The van der Waals surface area contributed by atoms with Crippen LogP contribution in [-0.4, -0.2) is 15.9 Å². The van der Waals surface area contributed by atoms with Gasteiger partial charge in [-0.2, -0.15) is 0 Å². The highest BCUT2D eigenvalue weighted by atomic mass is 19.1. The average Bonchev–Trinajstić information content (AvgIpc) is 2.89. The van der Waals surface area contributed by atoms with Crippen molar-refractivity contribution >= 4 is 16.8 Å². The number of hydrogen-bond acceptors (Lipinski definition) is 4. The molecule has 106 valence electrons. The van der Waals surface area contributed by atoms with Crippen LogP contribution in [0.4, 0.5) is 4.39 Å². The number of halogens is 1. The van der Waals surface area contributed by atoms with Crippen LogP contribution in [-0.2, 0) is 6.42 Å². The monoisotopic (exact) mass is 284 g/mol. The topological polar surface area (TPSA) is 58.6 Å². The summed E-state index contributed by atoms with van der Waals surface area (Å²) >= 11 is 0. The summed E-state index contributed by atoms with van der Waals surface area (Å²) in [5.74, 6) is -0.0407. The van der Waals surface area contributed by atoms with Crippen molar-refractivity contribution in [3.05, 3.63) is 65.3 Å². The van der Waals surface area contributed by atoms with E-state index in [9.17, 15) is 9.60 Å². The molecule has 0 fully saturated rings. The summed E-state index contributed by atoms with van der Waals surface area (Å²) in [6.07, 6.45) is 0.308. The minimum absolute atomic E-state index is 0.266. The summed E-state index contributed by atoms with van der Waals surface area (Å²) in [7, 11) is 0. The van der Waals surface area contributed by atoms with E-state index in [1.807, 2.05) is 25.1 Å². The Morgan fingerprint density at radius 2 is 2.00 bits per heavy atom. The van der Waals surface area contributed by atoms with Crippen LogP contribution < -0.4 is 0 Å². The second-order valence-corrected chi connectivity index (χ2v) is 4.84. The van der Waals surface area contributed by atoms with Crippen molar-refractivity contribution in [2.75, 3.05) is 0 Å². The highest BCUT2D eigenvalue weighted by molar-refractivity contribution is 5.99. The summed E-state index contributed by atoms with van der Waals surface area (Å²) in [6.45, 7) is 1.96. The maximum absolute atomic E-state index is 12.9. The van der Waals surface area contributed by atoms with Crippen LogP contribution in [0.3, 0.4) is 0 Å². The molecule has 3 rings (SSSR count). The summed E-state index contributed by atoms with van der Waals surface area (Å²) < 4.78 is 18.5. The normalized spacial score (nSPS) is 12.0. The predicted octanol–water partition coefficient (Wildman–Crippen LogP) is 3.70. The Kier molecular flexibility index (Phi) is 3.39. The van der Waals surface area contributed by atoms with E-state index in [1.165, 1.54) is 12.1 Å². The number of aryl methyl sites for hydroxylation is 1. The van der Waals surface area contributed by atoms with Gasteiger partial charge in [0.05, 0.1) is 0 Å². The lowest BCUT2D eigenvalue weighted by molar-refractivity contribution is 0.317. The fourth-order valence-electron chi connectivity index (χ4n) is 2.10. The highest BCUT2D eigenvalue weighted by Gasteiger charge is 2.14. The van der Waals surface area contributed by atoms with Crippen LogP contribution in [0.1, 0.15) is 17.0 Å². The van der Waals surface area contributed by atoms with E-state index in [4.69, 9.17) is 4.42 Å². The molecule has 0 atom stereocenters. The van der Waals surface area contributed by atoms with Crippen molar-refractivity contribution in [2.45, 2.75) is 13.3 Å². The zero-order chi connectivity index (χ0) is 14.8. The maximum atomic E-state index is 12.9. The number of oxime groups is 1. The first-order chi connectivity index (χ1) is 10.2. The van der Waals surface area contributed by atoms with Crippen LogP contribution in [0.5, 0.6) is 0 Å². The molecule has 1 N–H and O–H groups in total. The second kappa shape index (κ2) is 5.36. The molecule has 1 heterocycles. The molecule has 0 radical (unpaired) electrons. The van der Waals surface area contributed by atoms with Crippen LogP contribution in [0.25, 0.3) is 11.1 Å². The minimum atomic E-state index is -0.307. The third-order valence-electron chi connectivity index (χ3n) is 3.20. The summed E-state index contributed by atoms with van der Waals surface area (Å²) in [5.41, 5.74) is 3.52.